The van der Waals surface area contributed by atoms with Crippen LogP contribution in [0.25, 0.3) is 0 Å². The second-order valence-electron chi connectivity index (χ2n) is 7.53. The molecule has 1 aromatic rings. The lowest BCUT2D eigenvalue weighted by atomic mass is 10.1. The van der Waals surface area contributed by atoms with Gasteiger partial charge in [0.1, 0.15) is 0 Å². The smallest absolute Gasteiger partial charge is 0.241 e. The number of likely N-dealkylation sites (N-methyl/N-ethyl adjacent to an activating group) is 1. The minimum atomic E-state index is -0.210. The zero-order valence-electron chi connectivity index (χ0n) is 17.4. The van der Waals surface area contributed by atoms with Gasteiger partial charge in [-0.25, -0.2) is 4.99 Å². The van der Waals surface area contributed by atoms with Gasteiger partial charge in [-0.3, -0.25) is 9.69 Å². The third-order valence-electron chi connectivity index (χ3n) is 4.90. The lowest BCUT2D eigenvalue weighted by molar-refractivity contribution is -0.127. The summed E-state index contributed by atoms with van der Waals surface area (Å²) in [7, 11) is 3.49. The fraction of sp³-hybridized carbons (Fsp3) is 0.619. The van der Waals surface area contributed by atoms with Crippen molar-refractivity contribution in [2.45, 2.75) is 45.4 Å². The van der Waals surface area contributed by atoms with E-state index in [0.29, 0.717) is 12.5 Å². The largest absolute Gasteiger partial charge is 0.392 e. The Kier molecular flexibility index (Phi) is 9.23. The molecule has 1 aliphatic rings. The van der Waals surface area contributed by atoms with E-state index in [1.165, 1.54) is 11.1 Å². The summed E-state index contributed by atoms with van der Waals surface area (Å²) in [6.07, 6.45) is 2.78. The number of hydrogen-bond donors (Lipinski definition) is 3. The Morgan fingerprint density at radius 2 is 2.04 bits per heavy atom. The number of nitrogens with zero attached hydrogens (tertiary/aromatic N) is 3. The first-order valence-corrected chi connectivity index (χ1v) is 10.2. The van der Waals surface area contributed by atoms with E-state index in [1.807, 2.05) is 12.1 Å². The van der Waals surface area contributed by atoms with E-state index in [1.54, 1.807) is 19.0 Å². The lowest BCUT2D eigenvalue weighted by Gasteiger charge is -2.18. The standard InChI is InChI=1S/C21H35N5O2/c1-4-5-11-22-21(24-14-20(28)25(2)3)23-13-17-8-6-7-9-18(17)15-26-12-10-19(27)16-26/h6-9,19,27H,4-5,10-16H2,1-3H3,(H2,22,23,24). The normalized spacial score (nSPS) is 17.6. The van der Waals surface area contributed by atoms with Gasteiger partial charge in [0.05, 0.1) is 19.2 Å². The number of hydrogen-bond acceptors (Lipinski definition) is 4. The molecule has 0 aliphatic carbocycles. The predicted octanol–water partition coefficient (Wildman–Crippen LogP) is 1.18. The summed E-state index contributed by atoms with van der Waals surface area (Å²) in [5.74, 6) is 0.674. The number of carbonyl (C=O) groups is 1. The van der Waals surface area contributed by atoms with Crippen LogP contribution >= 0.6 is 0 Å². The molecule has 7 nitrogen and oxygen atoms in total. The summed E-state index contributed by atoms with van der Waals surface area (Å²) in [6, 6.07) is 8.30. The van der Waals surface area contributed by atoms with Crippen LogP contribution in [0.15, 0.2) is 29.3 Å². The highest BCUT2D eigenvalue weighted by molar-refractivity contribution is 5.86. The number of aliphatic imine (C=N–C) groups is 1. The van der Waals surface area contributed by atoms with Crippen LogP contribution in [0, 0.1) is 0 Å². The fourth-order valence-corrected chi connectivity index (χ4v) is 3.10. The third-order valence-corrected chi connectivity index (χ3v) is 4.90. The molecule has 7 heteroatoms. The first-order valence-electron chi connectivity index (χ1n) is 10.2. The molecule has 0 spiro atoms. The van der Waals surface area contributed by atoms with E-state index in [9.17, 15) is 9.90 Å². The highest BCUT2D eigenvalue weighted by Crippen LogP contribution is 2.17. The number of guanidine groups is 1. The first-order chi connectivity index (χ1) is 13.5. The maximum atomic E-state index is 11.9. The molecular weight excluding hydrogens is 354 g/mol. The molecule has 1 atom stereocenters. The quantitative estimate of drug-likeness (QED) is 0.336. The van der Waals surface area contributed by atoms with Crippen molar-refractivity contribution in [1.29, 1.82) is 0 Å². The summed E-state index contributed by atoms with van der Waals surface area (Å²) >= 11 is 0. The van der Waals surface area contributed by atoms with Gasteiger partial charge in [0.15, 0.2) is 5.96 Å². The topological polar surface area (TPSA) is 80.2 Å². The summed E-state index contributed by atoms with van der Waals surface area (Å²) < 4.78 is 0. The van der Waals surface area contributed by atoms with Crippen molar-refractivity contribution in [3.63, 3.8) is 0 Å². The van der Waals surface area contributed by atoms with Gasteiger partial charge in [0.25, 0.3) is 0 Å². The molecule has 28 heavy (non-hydrogen) atoms. The molecule has 3 N–H and O–H groups in total. The number of likely N-dealkylation sites (tertiary alicyclic amines) is 1. The average Bonchev–Trinajstić information content (AvgIpc) is 3.09. The van der Waals surface area contributed by atoms with Crippen LogP contribution in [0.3, 0.4) is 0 Å². The van der Waals surface area contributed by atoms with Gasteiger partial charge in [0, 0.05) is 40.3 Å². The minimum absolute atomic E-state index is 0.0120. The number of carbonyl (C=O) groups excluding carboxylic acids is 1. The van der Waals surface area contributed by atoms with Gasteiger partial charge < -0.3 is 20.6 Å². The van der Waals surface area contributed by atoms with Crippen LogP contribution in [0.1, 0.15) is 37.3 Å². The van der Waals surface area contributed by atoms with Crippen molar-refractivity contribution < 1.29 is 9.90 Å². The molecule has 156 valence electrons. The number of β-amino-alcohol motifs (C(OH)–C–C–N with tert-alkyl or cyclic N) is 1. The van der Waals surface area contributed by atoms with Gasteiger partial charge >= 0.3 is 0 Å². The molecule has 1 aliphatic heterocycles. The van der Waals surface area contributed by atoms with Crippen LogP contribution in [0.2, 0.25) is 0 Å². The molecule has 0 aromatic heterocycles. The van der Waals surface area contributed by atoms with Gasteiger partial charge in [-0.1, -0.05) is 37.6 Å². The van der Waals surface area contributed by atoms with Crippen molar-refractivity contribution >= 4 is 11.9 Å². The fourth-order valence-electron chi connectivity index (χ4n) is 3.10. The average molecular weight is 390 g/mol. The SMILES string of the molecule is CCCCNC(=NCc1ccccc1CN1CCC(O)C1)NCC(=O)N(C)C. The molecule has 1 aromatic carbocycles. The summed E-state index contributed by atoms with van der Waals surface area (Å²) in [6.45, 7) is 6.22. The van der Waals surface area contributed by atoms with Crippen LogP contribution in [0.5, 0.6) is 0 Å². The molecule has 0 saturated carbocycles. The molecule has 2 rings (SSSR count). The van der Waals surface area contributed by atoms with Gasteiger partial charge in [-0.05, 0) is 24.0 Å². The molecule has 1 saturated heterocycles. The Hall–Kier alpha value is -2.12. The van der Waals surface area contributed by atoms with E-state index in [-0.39, 0.29) is 18.6 Å². The van der Waals surface area contributed by atoms with Crippen molar-refractivity contribution in [2.75, 3.05) is 40.3 Å². The van der Waals surface area contributed by atoms with Crippen LogP contribution in [-0.2, 0) is 17.9 Å². The number of unbranched alkanes of at least 4 members (excludes halogenated alkanes) is 1. The van der Waals surface area contributed by atoms with Gasteiger partial charge in [-0.2, -0.15) is 0 Å². The zero-order chi connectivity index (χ0) is 20.4. The molecule has 1 heterocycles. The van der Waals surface area contributed by atoms with E-state index in [4.69, 9.17) is 4.99 Å². The molecule has 0 radical (unpaired) electrons. The Morgan fingerprint density at radius 1 is 1.29 bits per heavy atom. The Balaban J connectivity index is 2.01. The number of aliphatic hydroxyl groups is 1. The van der Waals surface area contributed by atoms with E-state index < -0.39 is 0 Å². The predicted molar refractivity (Wildman–Crippen MR) is 113 cm³/mol. The maximum Gasteiger partial charge on any atom is 0.241 e. The molecule has 0 bridgehead atoms. The lowest BCUT2D eigenvalue weighted by Crippen LogP contribution is -2.43. The minimum Gasteiger partial charge on any atom is -0.392 e. The second kappa shape index (κ2) is 11.7. The monoisotopic (exact) mass is 389 g/mol. The van der Waals surface area contributed by atoms with Crippen LogP contribution < -0.4 is 10.6 Å². The van der Waals surface area contributed by atoms with E-state index in [2.05, 4.69) is 34.6 Å². The van der Waals surface area contributed by atoms with Crippen molar-refractivity contribution in [3.05, 3.63) is 35.4 Å². The number of benzene rings is 1. The number of amides is 1. The Bertz CT molecular complexity index is 647. The highest BCUT2D eigenvalue weighted by atomic mass is 16.3. The van der Waals surface area contributed by atoms with Gasteiger partial charge in [0.2, 0.25) is 5.91 Å². The van der Waals surface area contributed by atoms with Crippen LogP contribution in [-0.4, -0.2) is 73.2 Å². The molecule has 1 unspecified atom stereocenters. The molecule has 1 fully saturated rings. The van der Waals surface area contributed by atoms with Gasteiger partial charge in [-0.15, -0.1) is 0 Å². The summed E-state index contributed by atoms with van der Waals surface area (Å²) in [4.78, 5) is 20.4. The van der Waals surface area contributed by atoms with Crippen LogP contribution in [0.4, 0.5) is 0 Å². The maximum absolute atomic E-state index is 11.9. The number of aliphatic hydroxyl groups excluding tert-OH is 1. The first kappa shape index (κ1) is 22.2. The summed E-state index contributed by atoms with van der Waals surface area (Å²) in [5, 5.41) is 16.2. The van der Waals surface area contributed by atoms with Crippen molar-refractivity contribution in [3.8, 4) is 0 Å². The Morgan fingerprint density at radius 3 is 2.68 bits per heavy atom. The number of rotatable bonds is 9. The van der Waals surface area contributed by atoms with Crippen molar-refractivity contribution in [1.82, 2.24) is 20.4 Å². The molecular formula is C21H35N5O2. The number of nitrogens with one attached hydrogen (secondary N) is 2. The van der Waals surface area contributed by atoms with E-state index >= 15 is 0 Å². The van der Waals surface area contributed by atoms with E-state index in [0.717, 1.165) is 45.4 Å². The van der Waals surface area contributed by atoms with Crippen molar-refractivity contribution in [2.24, 2.45) is 4.99 Å². The molecule has 1 amide bonds. The Labute approximate surface area is 168 Å². The second-order valence-corrected chi connectivity index (χ2v) is 7.53. The third kappa shape index (κ3) is 7.48. The highest BCUT2D eigenvalue weighted by Gasteiger charge is 2.20. The summed E-state index contributed by atoms with van der Waals surface area (Å²) in [5.41, 5.74) is 2.40. The zero-order valence-corrected chi connectivity index (χ0v) is 17.4.